The molecule has 1 saturated carbocycles. The van der Waals surface area contributed by atoms with Crippen LogP contribution in [0.1, 0.15) is 30.1 Å². The third-order valence-electron chi connectivity index (χ3n) is 5.15. The van der Waals surface area contributed by atoms with E-state index in [0.29, 0.717) is 16.5 Å². The Morgan fingerprint density at radius 2 is 2.07 bits per heavy atom. The molecule has 0 aliphatic heterocycles. The highest BCUT2D eigenvalue weighted by Gasteiger charge is 2.43. The summed E-state index contributed by atoms with van der Waals surface area (Å²) in [5.74, 6) is 1.64. The summed E-state index contributed by atoms with van der Waals surface area (Å²) >= 11 is 1.24. The molecule has 1 aliphatic rings. The van der Waals surface area contributed by atoms with Crippen LogP contribution in [0.2, 0.25) is 0 Å². The maximum Gasteiger partial charge on any atom is 0.250 e. The van der Waals surface area contributed by atoms with Crippen LogP contribution in [0.3, 0.4) is 0 Å². The molecule has 0 amide bonds. The summed E-state index contributed by atoms with van der Waals surface area (Å²) in [5, 5.41) is 3.94. The molecule has 3 heterocycles. The van der Waals surface area contributed by atoms with Gasteiger partial charge in [-0.25, -0.2) is 18.1 Å². The average Bonchev–Trinajstić information content (AvgIpc) is 2.92. The average molecular weight is 407 g/mol. The Hall–Kier alpha value is -1.97. The summed E-state index contributed by atoms with van der Waals surface area (Å²) < 4.78 is 35.9. The highest BCUT2D eigenvalue weighted by molar-refractivity contribution is 7.91. The second kappa shape index (κ2) is 6.57. The van der Waals surface area contributed by atoms with Crippen molar-refractivity contribution in [2.45, 2.75) is 44.4 Å². The molecule has 0 bridgehead atoms. The number of rotatable bonds is 7. The zero-order valence-electron chi connectivity index (χ0n) is 15.5. The number of sulfonamides is 1. The van der Waals surface area contributed by atoms with Crippen LogP contribution in [-0.2, 0) is 16.6 Å². The van der Waals surface area contributed by atoms with Crippen molar-refractivity contribution in [3.05, 3.63) is 41.8 Å². The van der Waals surface area contributed by atoms with E-state index in [2.05, 4.69) is 19.4 Å². The number of nitrogens with zero attached hydrogens (tertiary/aromatic N) is 3. The first kappa shape index (κ1) is 18.4. The number of hydrogen-bond acceptors (Lipinski definition) is 6. The van der Waals surface area contributed by atoms with Gasteiger partial charge in [0, 0.05) is 35.8 Å². The topological polar surface area (TPSA) is 90.0 Å². The molecule has 4 rings (SSSR count). The number of hydrogen-bond donors (Lipinski definition) is 1. The third-order valence-corrected chi connectivity index (χ3v) is 8.15. The van der Waals surface area contributed by atoms with Gasteiger partial charge in [-0.1, -0.05) is 5.16 Å². The quantitative estimate of drug-likeness (QED) is 0.650. The number of nitrogens with one attached hydrogen (secondary N) is 1. The fourth-order valence-electron chi connectivity index (χ4n) is 3.25. The van der Waals surface area contributed by atoms with E-state index < -0.39 is 10.0 Å². The smallest absolute Gasteiger partial charge is 0.250 e. The monoisotopic (exact) mass is 406 g/mol. The van der Waals surface area contributed by atoms with E-state index in [1.807, 2.05) is 33.0 Å². The first-order valence-corrected chi connectivity index (χ1v) is 11.1. The Morgan fingerprint density at radius 3 is 2.67 bits per heavy atom. The highest BCUT2D eigenvalue weighted by atomic mass is 32.2. The normalized spacial score (nSPS) is 16.0. The predicted molar refractivity (Wildman–Crippen MR) is 103 cm³/mol. The third kappa shape index (κ3) is 3.59. The second-order valence-electron chi connectivity index (χ2n) is 7.24. The number of imidazole rings is 1. The zero-order chi connectivity index (χ0) is 19.2. The van der Waals surface area contributed by atoms with Gasteiger partial charge in [0.25, 0.3) is 0 Å². The minimum Gasteiger partial charge on any atom is -0.361 e. The van der Waals surface area contributed by atoms with E-state index >= 15 is 0 Å². The maximum absolute atomic E-state index is 12.8. The Balaban J connectivity index is 1.48. The van der Waals surface area contributed by atoms with Gasteiger partial charge < -0.3 is 9.09 Å². The van der Waals surface area contributed by atoms with E-state index in [4.69, 9.17) is 4.52 Å². The summed E-state index contributed by atoms with van der Waals surface area (Å²) in [6, 6.07) is 3.46. The van der Waals surface area contributed by atoms with Crippen LogP contribution in [0.4, 0.5) is 0 Å². The minimum atomic E-state index is -3.55. The van der Waals surface area contributed by atoms with Crippen LogP contribution in [0, 0.1) is 26.2 Å². The van der Waals surface area contributed by atoms with Crippen molar-refractivity contribution < 1.29 is 12.9 Å². The molecule has 1 fully saturated rings. The standard InChI is InChI=1S/C18H22N4O3S2/c1-12-17(13(2)25-21-12)15-4-5-16(26-15)27(23,24)20-10-18(6-7-18)11-22-9-8-19-14(22)3/h4-5,8-9,20H,6-7,10-11H2,1-3H3. The van der Waals surface area contributed by atoms with Crippen LogP contribution in [-0.4, -0.2) is 29.7 Å². The van der Waals surface area contributed by atoms with Crippen molar-refractivity contribution in [1.82, 2.24) is 19.4 Å². The Bertz CT molecular complexity index is 1050. The molecular weight excluding hydrogens is 384 g/mol. The lowest BCUT2D eigenvalue weighted by Crippen LogP contribution is -2.32. The summed E-state index contributed by atoms with van der Waals surface area (Å²) in [6.45, 7) is 6.87. The predicted octanol–water partition coefficient (Wildman–Crippen LogP) is 3.28. The summed E-state index contributed by atoms with van der Waals surface area (Å²) in [6.07, 6.45) is 5.75. The van der Waals surface area contributed by atoms with Gasteiger partial charge in [0.15, 0.2) is 0 Å². The van der Waals surface area contributed by atoms with Gasteiger partial charge >= 0.3 is 0 Å². The Labute approximate surface area is 162 Å². The van der Waals surface area contributed by atoms with Gasteiger partial charge in [-0.05, 0) is 45.7 Å². The first-order valence-electron chi connectivity index (χ1n) is 8.80. The number of aryl methyl sites for hydroxylation is 3. The number of aromatic nitrogens is 3. The minimum absolute atomic E-state index is 0.0136. The van der Waals surface area contributed by atoms with Gasteiger partial charge in [0.2, 0.25) is 10.0 Å². The van der Waals surface area contributed by atoms with Gasteiger partial charge in [-0.2, -0.15) is 0 Å². The summed E-state index contributed by atoms with van der Waals surface area (Å²) in [5.41, 5.74) is 1.62. The molecule has 0 radical (unpaired) electrons. The molecule has 0 spiro atoms. The van der Waals surface area contributed by atoms with Crippen molar-refractivity contribution in [3.8, 4) is 10.4 Å². The molecular formula is C18H22N4O3S2. The molecule has 0 atom stereocenters. The Kier molecular flexibility index (Phi) is 4.48. The van der Waals surface area contributed by atoms with Crippen molar-refractivity contribution in [2.24, 2.45) is 5.41 Å². The van der Waals surface area contributed by atoms with E-state index in [1.54, 1.807) is 12.3 Å². The maximum atomic E-state index is 12.8. The van der Waals surface area contributed by atoms with Gasteiger partial charge in [-0.3, -0.25) is 0 Å². The van der Waals surface area contributed by atoms with E-state index in [1.165, 1.54) is 11.3 Å². The van der Waals surface area contributed by atoms with Crippen molar-refractivity contribution in [1.29, 1.82) is 0 Å². The van der Waals surface area contributed by atoms with Crippen LogP contribution < -0.4 is 4.72 Å². The van der Waals surface area contributed by atoms with Gasteiger partial charge in [-0.15, -0.1) is 11.3 Å². The molecule has 9 heteroatoms. The molecule has 0 saturated heterocycles. The van der Waals surface area contributed by atoms with Crippen molar-refractivity contribution in [2.75, 3.05) is 6.54 Å². The molecule has 1 aliphatic carbocycles. The lowest BCUT2D eigenvalue weighted by Gasteiger charge is -2.17. The summed E-state index contributed by atoms with van der Waals surface area (Å²) in [7, 11) is -3.55. The lowest BCUT2D eigenvalue weighted by atomic mass is 10.1. The lowest BCUT2D eigenvalue weighted by molar-refractivity contribution is 0.393. The highest BCUT2D eigenvalue weighted by Crippen LogP contribution is 2.47. The molecule has 1 N–H and O–H groups in total. The molecule has 3 aromatic heterocycles. The molecule has 3 aromatic rings. The molecule has 144 valence electrons. The second-order valence-corrected chi connectivity index (χ2v) is 10.3. The fourth-order valence-corrected chi connectivity index (χ4v) is 5.91. The van der Waals surface area contributed by atoms with Crippen LogP contribution in [0.25, 0.3) is 10.4 Å². The van der Waals surface area contributed by atoms with Crippen molar-refractivity contribution in [3.63, 3.8) is 0 Å². The molecule has 0 aromatic carbocycles. The van der Waals surface area contributed by atoms with Crippen LogP contribution >= 0.6 is 11.3 Å². The van der Waals surface area contributed by atoms with E-state index in [0.717, 1.165) is 41.3 Å². The first-order chi connectivity index (χ1) is 12.8. The fraction of sp³-hybridized carbons (Fsp3) is 0.444. The van der Waals surface area contributed by atoms with Crippen molar-refractivity contribution >= 4 is 21.4 Å². The molecule has 27 heavy (non-hydrogen) atoms. The Morgan fingerprint density at radius 1 is 1.30 bits per heavy atom. The largest absolute Gasteiger partial charge is 0.361 e. The van der Waals surface area contributed by atoms with Crippen LogP contribution in [0.15, 0.2) is 33.3 Å². The van der Waals surface area contributed by atoms with E-state index in [9.17, 15) is 8.42 Å². The summed E-state index contributed by atoms with van der Waals surface area (Å²) in [4.78, 5) is 5.09. The zero-order valence-corrected chi connectivity index (χ0v) is 17.2. The van der Waals surface area contributed by atoms with Gasteiger partial charge in [0.1, 0.15) is 15.8 Å². The van der Waals surface area contributed by atoms with Crippen LogP contribution in [0.5, 0.6) is 0 Å². The molecule has 7 nitrogen and oxygen atoms in total. The molecule has 0 unspecified atom stereocenters. The number of thiophene rings is 1. The SMILES string of the molecule is Cc1noc(C)c1-c1ccc(S(=O)(=O)NCC2(Cn3ccnc3C)CC2)s1. The van der Waals surface area contributed by atoms with Gasteiger partial charge in [0.05, 0.1) is 11.3 Å². The van der Waals surface area contributed by atoms with E-state index in [-0.39, 0.29) is 5.41 Å².